The fourth-order valence-electron chi connectivity index (χ4n) is 2.30. The van der Waals surface area contributed by atoms with Gasteiger partial charge in [-0.2, -0.15) is 0 Å². The van der Waals surface area contributed by atoms with Crippen LogP contribution in [0.1, 0.15) is 19.2 Å². The van der Waals surface area contributed by atoms with Gasteiger partial charge in [-0.1, -0.05) is 6.92 Å². The molecular weight excluding hydrogens is 322 g/mol. The third-order valence-corrected chi connectivity index (χ3v) is 3.53. The first-order chi connectivity index (χ1) is 12.3. The standard InChI is InChI=1S/C16H19N7O2/c1-2-8-22-9-7-17-15(22)10-18-16(24)11-25-14-5-3-13(4-6-14)23-12-19-20-21-23/h3-7,9,12H,2,8,10-11H2,1H3,(H,18,24). The molecule has 9 nitrogen and oxygen atoms in total. The number of hydrogen-bond donors (Lipinski definition) is 1. The Morgan fingerprint density at radius 2 is 2.12 bits per heavy atom. The van der Waals surface area contributed by atoms with Crippen LogP contribution < -0.4 is 10.1 Å². The normalized spacial score (nSPS) is 10.6. The summed E-state index contributed by atoms with van der Waals surface area (Å²) in [6.07, 6.45) is 6.17. The molecule has 2 heterocycles. The van der Waals surface area contributed by atoms with E-state index in [9.17, 15) is 4.79 Å². The van der Waals surface area contributed by atoms with E-state index in [1.165, 1.54) is 11.0 Å². The predicted octanol–water partition coefficient (Wildman–Crippen LogP) is 0.964. The fraction of sp³-hybridized carbons (Fsp3) is 0.312. The van der Waals surface area contributed by atoms with Gasteiger partial charge in [-0.15, -0.1) is 5.10 Å². The molecule has 2 aromatic heterocycles. The summed E-state index contributed by atoms with van der Waals surface area (Å²) in [6.45, 7) is 3.31. The molecule has 0 saturated carbocycles. The Labute approximate surface area is 144 Å². The largest absolute Gasteiger partial charge is 0.484 e. The van der Waals surface area contributed by atoms with Crippen molar-refractivity contribution in [1.82, 2.24) is 35.1 Å². The zero-order valence-electron chi connectivity index (χ0n) is 13.9. The van der Waals surface area contributed by atoms with Crippen LogP contribution in [0.5, 0.6) is 5.75 Å². The molecule has 0 bridgehead atoms. The van der Waals surface area contributed by atoms with Gasteiger partial charge < -0.3 is 14.6 Å². The zero-order valence-corrected chi connectivity index (χ0v) is 13.9. The van der Waals surface area contributed by atoms with Crippen LogP contribution in [0.15, 0.2) is 43.0 Å². The third-order valence-electron chi connectivity index (χ3n) is 3.53. The molecule has 0 radical (unpaired) electrons. The summed E-state index contributed by atoms with van der Waals surface area (Å²) in [5.74, 6) is 1.23. The van der Waals surface area contributed by atoms with Crippen LogP contribution in [0.25, 0.3) is 5.69 Å². The number of aryl methyl sites for hydroxylation is 1. The Morgan fingerprint density at radius 1 is 1.28 bits per heavy atom. The highest BCUT2D eigenvalue weighted by atomic mass is 16.5. The molecular formula is C16H19N7O2. The summed E-state index contributed by atoms with van der Waals surface area (Å²) in [6, 6.07) is 7.15. The van der Waals surface area contributed by atoms with E-state index in [0.717, 1.165) is 24.5 Å². The van der Waals surface area contributed by atoms with Gasteiger partial charge >= 0.3 is 0 Å². The molecule has 130 valence electrons. The van der Waals surface area contributed by atoms with Crippen molar-refractivity contribution in [3.05, 3.63) is 48.8 Å². The topological polar surface area (TPSA) is 99.8 Å². The highest BCUT2D eigenvalue weighted by Crippen LogP contribution is 2.14. The smallest absolute Gasteiger partial charge is 0.258 e. The van der Waals surface area contributed by atoms with Crippen molar-refractivity contribution in [3.63, 3.8) is 0 Å². The van der Waals surface area contributed by atoms with E-state index in [4.69, 9.17) is 4.74 Å². The van der Waals surface area contributed by atoms with Crippen LogP contribution in [0.3, 0.4) is 0 Å². The molecule has 0 aliphatic rings. The lowest BCUT2D eigenvalue weighted by molar-refractivity contribution is -0.123. The molecule has 0 fully saturated rings. The molecule has 3 aromatic rings. The van der Waals surface area contributed by atoms with Gasteiger partial charge in [0.1, 0.15) is 17.9 Å². The molecule has 0 unspecified atom stereocenters. The molecule has 0 atom stereocenters. The van der Waals surface area contributed by atoms with Gasteiger partial charge in [0.05, 0.1) is 12.2 Å². The van der Waals surface area contributed by atoms with Crippen molar-refractivity contribution in [2.75, 3.05) is 6.61 Å². The van der Waals surface area contributed by atoms with Crippen molar-refractivity contribution in [2.45, 2.75) is 26.4 Å². The van der Waals surface area contributed by atoms with E-state index < -0.39 is 0 Å². The quantitative estimate of drug-likeness (QED) is 0.655. The maximum Gasteiger partial charge on any atom is 0.258 e. The fourth-order valence-corrected chi connectivity index (χ4v) is 2.30. The Balaban J connectivity index is 1.46. The lowest BCUT2D eigenvalue weighted by atomic mass is 10.3. The van der Waals surface area contributed by atoms with E-state index in [1.807, 2.05) is 22.9 Å². The minimum Gasteiger partial charge on any atom is -0.484 e. The van der Waals surface area contributed by atoms with E-state index in [1.54, 1.807) is 18.3 Å². The van der Waals surface area contributed by atoms with Gasteiger partial charge in [-0.25, -0.2) is 9.67 Å². The second kappa shape index (κ2) is 8.04. The number of carbonyl (C=O) groups excluding carboxylic acids is 1. The maximum atomic E-state index is 11.9. The Bertz CT molecular complexity index is 796. The first-order valence-corrected chi connectivity index (χ1v) is 7.99. The van der Waals surface area contributed by atoms with Crippen molar-refractivity contribution in [1.29, 1.82) is 0 Å². The van der Waals surface area contributed by atoms with E-state index in [-0.39, 0.29) is 12.5 Å². The van der Waals surface area contributed by atoms with Crippen molar-refractivity contribution < 1.29 is 9.53 Å². The number of hydrogen-bond acceptors (Lipinski definition) is 6. The average Bonchev–Trinajstić information content (AvgIpc) is 3.31. The molecule has 0 spiro atoms. The Kier molecular flexibility index (Phi) is 5.35. The number of imidazole rings is 1. The predicted molar refractivity (Wildman–Crippen MR) is 89.0 cm³/mol. The third kappa shape index (κ3) is 4.40. The van der Waals surface area contributed by atoms with Crippen LogP contribution >= 0.6 is 0 Å². The highest BCUT2D eigenvalue weighted by Gasteiger charge is 2.07. The van der Waals surface area contributed by atoms with Gasteiger partial charge in [-0.05, 0) is 41.1 Å². The highest BCUT2D eigenvalue weighted by molar-refractivity contribution is 5.77. The minimum atomic E-state index is -0.199. The monoisotopic (exact) mass is 341 g/mol. The number of amides is 1. The minimum absolute atomic E-state index is 0.0568. The van der Waals surface area contributed by atoms with Crippen LogP contribution in [0.4, 0.5) is 0 Å². The van der Waals surface area contributed by atoms with Crippen LogP contribution in [-0.2, 0) is 17.9 Å². The van der Waals surface area contributed by atoms with Gasteiger partial charge in [0.25, 0.3) is 5.91 Å². The first kappa shape index (κ1) is 16.6. The van der Waals surface area contributed by atoms with Crippen LogP contribution in [-0.4, -0.2) is 42.3 Å². The van der Waals surface area contributed by atoms with E-state index in [2.05, 4.69) is 32.7 Å². The SMILES string of the molecule is CCCn1ccnc1CNC(=O)COc1ccc(-n2cnnn2)cc1. The van der Waals surface area contributed by atoms with Crippen LogP contribution in [0, 0.1) is 0 Å². The number of tetrazole rings is 1. The van der Waals surface area contributed by atoms with Crippen LogP contribution in [0.2, 0.25) is 0 Å². The van der Waals surface area contributed by atoms with Gasteiger partial charge in [0.2, 0.25) is 0 Å². The number of rotatable bonds is 8. The number of nitrogens with zero attached hydrogens (tertiary/aromatic N) is 6. The van der Waals surface area contributed by atoms with E-state index >= 15 is 0 Å². The lowest BCUT2D eigenvalue weighted by Gasteiger charge is -2.09. The molecule has 0 aliphatic heterocycles. The average molecular weight is 341 g/mol. The molecule has 1 N–H and O–H groups in total. The van der Waals surface area contributed by atoms with Gasteiger partial charge in [0.15, 0.2) is 6.61 Å². The Morgan fingerprint density at radius 3 is 2.84 bits per heavy atom. The second-order valence-corrected chi connectivity index (χ2v) is 5.35. The number of benzene rings is 1. The van der Waals surface area contributed by atoms with Crippen molar-refractivity contribution in [2.24, 2.45) is 0 Å². The molecule has 25 heavy (non-hydrogen) atoms. The number of aromatic nitrogens is 6. The number of ether oxygens (including phenoxy) is 1. The van der Waals surface area contributed by atoms with Gasteiger partial charge in [-0.3, -0.25) is 4.79 Å². The molecule has 0 saturated heterocycles. The summed E-state index contributed by atoms with van der Waals surface area (Å²) in [5, 5.41) is 13.8. The van der Waals surface area contributed by atoms with E-state index in [0.29, 0.717) is 12.3 Å². The van der Waals surface area contributed by atoms with Crippen molar-refractivity contribution in [3.8, 4) is 11.4 Å². The summed E-state index contributed by atoms with van der Waals surface area (Å²) < 4.78 is 9.05. The number of nitrogens with one attached hydrogen (secondary N) is 1. The summed E-state index contributed by atoms with van der Waals surface area (Å²) >= 11 is 0. The number of carbonyl (C=O) groups is 1. The molecule has 1 amide bonds. The molecule has 1 aromatic carbocycles. The molecule has 0 aliphatic carbocycles. The summed E-state index contributed by atoms with van der Waals surface area (Å²) in [7, 11) is 0. The molecule has 9 heteroatoms. The molecule has 3 rings (SSSR count). The zero-order chi connectivity index (χ0) is 17.5. The first-order valence-electron chi connectivity index (χ1n) is 7.99. The van der Waals surface area contributed by atoms with Gasteiger partial charge in [0, 0.05) is 18.9 Å². The summed E-state index contributed by atoms with van der Waals surface area (Å²) in [4.78, 5) is 16.2. The summed E-state index contributed by atoms with van der Waals surface area (Å²) in [5.41, 5.74) is 0.810. The lowest BCUT2D eigenvalue weighted by Crippen LogP contribution is -2.29. The second-order valence-electron chi connectivity index (χ2n) is 5.35. The Hall–Kier alpha value is -3.23. The maximum absolute atomic E-state index is 11.9. The van der Waals surface area contributed by atoms with Crippen molar-refractivity contribution >= 4 is 5.91 Å².